The van der Waals surface area contributed by atoms with Crippen LogP contribution in [0.25, 0.3) is 5.70 Å². The molecule has 5 nitrogen and oxygen atoms in total. The highest BCUT2D eigenvalue weighted by molar-refractivity contribution is 6.30. The highest BCUT2D eigenvalue weighted by atomic mass is 35.5. The molecule has 0 aromatic heterocycles. The number of carboxylic acid groups (broad SMARTS) is 1. The third kappa shape index (κ3) is 4.68. The average Bonchev–Trinajstić information content (AvgIpc) is 3.08. The molecule has 1 aliphatic rings. The van der Waals surface area contributed by atoms with E-state index in [1.807, 2.05) is 49.4 Å². The van der Waals surface area contributed by atoms with E-state index in [9.17, 15) is 9.59 Å². The van der Waals surface area contributed by atoms with E-state index in [4.69, 9.17) is 16.7 Å². The summed E-state index contributed by atoms with van der Waals surface area (Å²) in [6.07, 6.45) is 2.45. The number of carboxylic acids is 1. The van der Waals surface area contributed by atoms with Gasteiger partial charge < -0.3 is 5.11 Å². The Bertz CT molecular complexity index is 860. The van der Waals surface area contributed by atoms with Gasteiger partial charge in [0, 0.05) is 17.9 Å². The Hall–Kier alpha value is -2.79. The van der Waals surface area contributed by atoms with Crippen LogP contribution >= 0.6 is 11.6 Å². The van der Waals surface area contributed by atoms with Crippen molar-refractivity contribution in [1.82, 2.24) is 10.4 Å². The maximum Gasteiger partial charge on any atom is 0.303 e. The van der Waals surface area contributed by atoms with E-state index in [2.05, 4.69) is 5.43 Å². The molecule has 1 amide bonds. The van der Waals surface area contributed by atoms with Gasteiger partial charge in [0.05, 0.1) is 11.7 Å². The van der Waals surface area contributed by atoms with Crippen LogP contribution in [-0.4, -0.2) is 22.0 Å². The zero-order valence-corrected chi connectivity index (χ0v) is 15.7. The molecule has 1 aliphatic heterocycles. The van der Waals surface area contributed by atoms with Gasteiger partial charge in [-0.25, -0.2) is 5.01 Å². The van der Waals surface area contributed by atoms with Crippen molar-refractivity contribution in [2.45, 2.75) is 32.2 Å². The van der Waals surface area contributed by atoms with Crippen molar-refractivity contribution in [3.63, 3.8) is 0 Å². The lowest BCUT2D eigenvalue weighted by Gasteiger charge is -2.25. The van der Waals surface area contributed by atoms with E-state index in [1.54, 1.807) is 17.1 Å². The van der Waals surface area contributed by atoms with Gasteiger partial charge in [-0.15, -0.1) is 0 Å². The fourth-order valence-electron chi connectivity index (χ4n) is 3.00. The van der Waals surface area contributed by atoms with Crippen molar-refractivity contribution >= 4 is 29.2 Å². The number of hydrazine groups is 1. The summed E-state index contributed by atoms with van der Waals surface area (Å²) in [7, 11) is 0. The van der Waals surface area contributed by atoms with Crippen LogP contribution in [0.2, 0.25) is 5.02 Å². The summed E-state index contributed by atoms with van der Waals surface area (Å²) in [4.78, 5) is 23.4. The monoisotopic (exact) mass is 384 g/mol. The first-order valence-electron chi connectivity index (χ1n) is 8.79. The van der Waals surface area contributed by atoms with Gasteiger partial charge in [-0.1, -0.05) is 53.6 Å². The molecule has 27 heavy (non-hydrogen) atoms. The van der Waals surface area contributed by atoms with Crippen molar-refractivity contribution in [2.75, 3.05) is 0 Å². The van der Waals surface area contributed by atoms with Gasteiger partial charge >= 0.3 is 5.97 Å². The van der Waals surface area contributed by atoms with Gasteiger partial charge in [0.25, 0.3) is 0 Å². The Morgan fingerprint density at radius 1 is 1.07 bits per heavy atom. The van der Waals surface area contributed by atoms with E-state index in [-0.39, 0.29) is 24.8 Å². The molecule has 1 atom stereocenters. The van der Waals surface area contributed by atoms with Gasteiger partial charge in [0.2, 0.25) is 5.91 Å². The molecule has 140 valence electrons. The highest BCUT2D eigenvalue weighted by Crippen LogP contribution is 2.32. The molecule has 0 bridgehead atoms. The van der Waals surface area contributed by atoms with Gasteiger partial charge in [-0.2, -0.15) is 0 Å². The smallest absolute Gasteiger partial charge is 0.303 e. The molecule has 2 aromatic rings. The van der Waals surface area contributed by atoms with Gasteiger partial charge in [0.1, 0.15) is 0 Å². The quantitative estimate of drug-likeness (QED) is 0.777. The summed E-state index contributed by atoms with van der Waals surface area (Å²) >= 11 is 5.99. The van der Waals surface area contributed by atoms with Gasteiger partial charge in [-0.3, -0.25) is 15.0 Å². The maximum absolute atomic E-state index is 12.7. The number of nitrogens with one attached hydrogen (secondary N) is 1. The first-order chi connectivity index (χ1) is 12.9. The van der Waals surface area contributed by atoms with Crippen LogP contribution in [0.3, 0.4) is 0 Å². The molecular weight excluding hydrogens is 364 g/mol. The number of halogens is 1. The number of aliphatic carboxylic acids is 1. The van der Waals surface area contributed by atoms with Gasteiger partial charge in [0.15, 0.2) is 0 Å². The van der Waals surface area contributed by atoms with Crippen molar-refractivity contribution in [3.05, 3.63) is 76.3 Å². The second-order valence-corrected chi connectivity index (χ2v) is 7.00. The molecule has 6 heteroatoms. The molecule has 2 aromatic carbocycles. The molecular formula is C21H21ClN2O3. The predicted octanol–water partition coefficient (Wildman–Crippen LogP) is 4.33. The van der Waals surface area contributed by atoms with Crippen LogP contribution in [-0.2, 0) is 9.59 Å². The molecule has 1 heterocycles. The van der Waals surface area contributed by atoms with Crippen LogP contribution in [0.5, 0.6) is 0 Å². The second kappa shape index (κ2) is 8.27. The summed E-state index contributed by atoms with van der Waals surface area (Å²) in [5.41, 5.74) is 7.12. The van der Waals surface area contributed by atoms with Crippen molar-refractivity contribution < 1.29 is 14.7 Å². The summed E-state index contributed by atoms with van der Waals surface area (Å²) in [5, 5.41) is 11.0. The molecule has 2 N–H and O–H groups in total. The zero-order chi connectivity index (χ0) is 19.4. The lowest BCUT2D eigenvalue weighted by Crippen LogP contribution is -2.39. The number of nitrogens with zero attached hydrogens (tertiary/aromatic N) is 1. The number of amides is 1. The summed E-state index contributed by atoms with van der Waals surface area (Å²) in [6, 6.07) is 15.1. The Morgan fingerprint density at radius 3 is 2.37 bits per heavy atom. The van der Waals surface area contributed by atoms with Crippen molar-refractivity contribution in [2.24, 2.45) is 0 Å². The maximum atomic E-state index is 12.7. The lowest BCUT2D eigenvalue weighted by molar-refractivity contribution is -0.137. The number of benzene rings is 2. The van der Waals surface area contributed by atoms with Crippen LogP contribution in [0.4, 0.5) is 0 Å². The van der Waals surface area contributed by atoms with Crippen LogP contribution < -0.4 is 5.43 Å². The van der Waals surface area contributed by atoms with Crippen molar-refractivity contribution in [3.8, 4) is 0 Å². The Balaban J connectivity index is 1.84. The molecule has 3 rings (SSSR count). The van der Waals surface area contributed by atoms with Crippen molar-refractivity contribution in [1.29, 1.82) is 0 Å². The normalized spacial score (nSPS) is 16.0. The fraction of sp³-hybridized carbons (Fsp3) is 0.238. The predicted molar refractivity (Wildman–Crippen MR) is 105 cm³/mol. The number of hydrogen-bond donors (Lipinski definition) is 2. The average molecular weight is 385 g/mol. The van der Waals surface area contributed by atoms with Gasteiger partial charge in [-0.05, 0) is 42.7 Å². The first kappa shape index (κ1) is 19.0. The minimum absolute atomic E-state index is 0.0244. The molecule has 0 saturated heterocycles. The van der Waals surface area contributed by atoms with E-state index in [0.29, 0.717) is 11.4 Å². The second-order valence-electron chi connectivity index (χ2n) is 6.57. The SMILES string of the molecule is Cc1ccc(C2=C[C@@H](c3ccc(Cl)cc3)N(C(=O)CCCC(=O)O)N2)cc1. The van der Waals surface area contributed by atoms with Crippen LogP contribution in [0.1, 0.15) is 42.0 Å². The number of aryl methyl sites for hydroxylation is 1. The van der Waals surface area contributed by atoms with E-state index >= 15 is 0 Å². The third-order valence-corrected chi connectivity index (χ3v) is 4.72. The Kier molecular flexibility index (Phi) is 5.81. The topological polar surface area (TPSA) is 69.6 Å². The third-order valence-electron chi connectivity index (χ3n) is 4.47. The Morgan fingerprint density at radius 2 is 1.74 bits per heavy atom. The minimum Gasteiger partial charge on any atom is -0.481 e. The summed E-state index contributed by atoms with van der Waals surface area (Å²) < 4.78 is 0. The molecule has 0 unspecified atom stereocenters. The van der Waals surface area contributed by atoms with E-state index in [1.165, 1.54) is 0 Å². The highest BCUT2D eigenvalue weighted by Gasteiger charge is 2.30. The minimum atomic E-state index is -0.898. The van der Waals surface area contributed by atoms with E-state index < -0.39 is 5.97 Å². The summed E-state index contributed by atoms with van der Waals surface area (Å²) in [6.45, 7) is 2.02. The molecule has 0 spiro atoms. The molecule has 0 saturated carbocycles. The molecule has 0 radical (unpaired) electrons. The fourth-order valence-corrected chi connectivity index (χ4v) is 3.12. The largest absolute Gasteiger partial charge is 0.481 e. The van der Waals surface area contributed by atoms with Crippen LogP contribution in [0.15, 0.2) is 54.6 Å². The lowest BCUT2D eigenvalue weighted by atomic mass is 10.0. The molecule has 0 aliphatic carbocycles. The number of carbonyl (C=O) groups excluding carboxylic acids is 1. The number of hydrogen-bond acceptors (Lipinski definition) is 3. The Labute approximate surface area is 163 Å². The standard InChI is InChI=1S/C21H21ClN2O3/c1-14-5-7-15(8-6-14)18-13-19(16-9-11-17(22)12-10-16)24(23-18)20(25)3-2-4-21(26)27/h5-13,19,23H,2-4H2,1H3,(H,26,27)/t19-/m0/s1. The number of rotatable bonds is 6. The zero-order valence-electron chi connectivity index (χ0n) is 15.0. The number of carbonyl (C=O) groups is 2. The van der Waals surface area contributed by atoms with E-state index in [0.717, 1.165) is 22.4 Å². The first-order valence-corrected chi connectivity index (χ1v) is 9.16. The molecule has 0 fully saturated rings. The summed E-state index contributed by atoms with van der Waals surface area (Å²) in [5.74, 6) is -1.04. The van der Waals surface area contributed by atoms with Crippen LogP contribution in [0, 0.1) is 6.92 Å².